The van der Waals surface area contributed by atoms with Crippen molar-refractivity contribution in [2.45, 2.75) is 56.7 Å². The fourth-order valence-corrected chi connectivity index (χ4v) is 5.97. The molecule has 36 heavy (non-hydrogen) atoms. The van der Waals surface area contributed by atoms with Crippen molar-refractivity contribution in [3.8, 4) is 0 Å². The summed E-state index contributed by atoms with van der Waals surface area (Å²) >= 11 is 1.73. The first kappa shape index (κ1) is 25.1. The molecule has 3 N–H and O–H groups in total. The summed E-state index contributed by atoms with van der Waals surface area (Å²) in [6.07, 6.45) is 4.84. The van der Waals surface area contributed by atoms with E-state index in [1.165, 1.54) is 11.1 Å². The maximum atomic E-state index is 13.6. The molecule has 0 spiro atoms. The Hall–Kier alpha value is -2.52. The van der Waals surface area contributed by atoms with Gasteiger partial charge in [0.1, 0.15) is 0 Å². The van der Waals surface area contributed by atoms with Gasteiger partial charge < -0.3 is 29.3 Å². The first-order valence-corrected chi connectivity index (χ1v) is 13.8. The van der Waals surface area contributed by atoms with Crippen LogP contribution in [0.25, 0.3) is 10.9 Å². The Morgan fingerprint density at radius 3 is 2.75 bits per heavy atom. The lowest BCUT2D eigenvalue weighted by Gasteiger charge is -2.29. The maximum absolute atomic E-state index is 13.6. The van der Waals surface area contributed by atoms with Crippen molar-refractivity contribution in [3.63, 3.8) is 0 Å². The first-order valence-electron chi connectivity index (χ1n) is 12.9. The third-order valence-corrected chi connectivity index (χ3v) is 8.30. The number of aliphatic hydroxyl groups is 1. The Bertz CT molecular complexity index is 1190. The molecule has 2 aromatic carbocycles. The van der Waals surface area contributed by atoms with Crippen LogP contribution in [-0.2, 0) is 23.5 Å². The number of carbonyl (C=O) groups excluding carboxylic acids is 1. The highest BCUT2D eigenvalue weighted by Crippen LogP contribution is 2.39. The predicted octanol–water partition coefficient (Wildman–Crippen LogP) is 3.73. The number of carbonyl (C=O) groups is 1. The SMILES string of the molecule is CCc1cn2c3c(cc(C(=O)N[C@@H](Cc4ccccc4)[C@H](O)CNC4CCOCC4)cc13)N(C)SC2. The van der Waals surface area contributed by atoms with Crippen LogP contribution in [0, 0.1) is 0 Å². The summed E-state index contributed by atoms with van der Waals surface area (Å²) in [6, 6.07) is 13.9. The van der Waals surface area contributed by atoms with Crippen LogP contribution >= 0.6 is 11.9 Å². The lowest BCUT2D eigenvalue weighted by molar-refractivity contribution is 0.0657. The Morgan fingerprint density at radius 2 is 2.00 bits per heavy atom. The number of aromatic nitrogens is 1. The van der Waals surface area contributed by atoms with Crippen molar-refractivity contribution in [1.82, 2.24) is 15.2 Å². The molecule has 0 aliphatic carbocycles. The van der Waals surface area contributed by atoms with Crippen molar-refractivity contribution in [1.29, 1.82) is 0 Å². The van der Waals surface area contributed by atoms with E-state index in [1.807, 2.05) is 49.5 Å². The maximum Gasteiger partial charge on any atom is 0.251 e. The van der Waals surface area contributed by atoms with Gasteiger partial charge in [0.15, 0.2) is 0 Å². The summed E-state index contributed by atoms with van der Waals surface area (Å²) in [5.41, 5.74) is 5.20. The van der Waals surface area contributed by atoms with Gasteiger partial charge in [-0.15, -0.1) is 0 Å². The van der Waals surface area contributed by atoms with Crippen molar-refractivity contribution in [2.75, 3.05) is 31.1 Å². The van der Waals surface area contributed by atoms with E-state index in [4.69, 9.17) is 4.74 Å². The monoisotopic (exact) mass is 508 g/mol. The summed E-state index contributed by atoms with van der Waals surface area (Å²) in [5.74, 6) is 0.717. The minimum absolute atomic E-state index is 0.155. The minimum atomic E-state index is -0.718. The van der Waals surface area contributed by atoms with E-state index in [1.54, 1.807) is 11.9 Å². The first-order chi connectivity index (χ1) is 17.5. The highest BCUT2D eigenvalue weighted by molar-refractivity contribution is 7.99. The summed E-state index contributed by atoms with van der Waals surface area (Å²) in [6.45, 7) is 4.07. The van der Waals surface area contributed by atoms with Gasteiger partial charge in [0.25, 0.3) is 5.91 Å². The van der Waals surface area contributed by atoms with Crippen molar-refractivity contribution < 1.29 is 14.6 Å². The Labute approximate surface area is 217 Å². The highest BCUT2D eigenvalue weighted by Gasteiger charge is 2.26. The number of aryl methyl sites for hydroxylation is 1. The van der Waals surface area contributed by atoms with Crippen molar-refractivity contribution in [2.24, 2.45) is 0 Å². The highest BCUT2D eigenvalue weighted by atomic mass is 32.2. The number of nitrogens with one attached hydrogen (secondary N) is 2. The molecule has 0 saturated carbocycles. The second-order valence-electron chi connectivity index (χ2n) is 9.76. The molecule has 1 aromatic heterocycles. The molecule has 1 fully saturated rings. The molecule has 0 bridgehead atoms. The van der Waals surface area contributed by atoms with Gasteiger partial charge in [0, 0.05) is 50.0 Å². The molecule has 1 saturated heterocycles. The van der Waals surface area contributed by atoms with Gasteiger partial charge >= 0.3 is 0 Å². The molecule has 8 heteroatoms. The largest absolute Gasteiger partial charge is 0.390 e. The smallest absolute Gasteiger partial charge is 0.251 e. The third kappa shape index (κ3) is 5.42. The molecule has 7 nitrogen and oxygen atoms in total. The zero-order valence-corrected chi connectivity index (χ0v) is 21.9. The molecule has 192 valence electrons. The van der Waals surface area contributed by atoms with E-state index in [2.05, 4.69) is 32.6 Å². The number of hydrogen-bond donors (Lipinski definition) is 3. The quantitative estimate of drug-likeness (QED) is 0.383. The van der Waals surface area contributed by atoms with Crippen LogP contribution in [0.15, 0.2) is 48.7 Å². The number of nitrogens with zero attached hydrogens (tertiary/aromatic N) is 2. The zero-order chi connectivity index (χ0) is 25.1. The molecule has 1 amide bonds. The lowest BCUT2D eigenvalue weighted by Crippen LogP contribution is -2.50. The topological polar surface area (TPSA) is 78.8 Å². The predicted molar refractivity (Wildman–Crippen MR) is 147 cm³/mol. The van der Waals surface area contributed by atoms with Crippen LogP contribution in [-0.4, -0.2) is 60.6 Å². The Balaban J connectivity index is 1.38. The molecule has 3 aromatic rings. The number of anilines is 1. The van der Waals surface area contributed by atoms with Crippen LogP contribution in [0.1, 0.15) is 41.3 Å². The molecule has 2 atom stereocenters. The Morgan fingerprint density at radius 1 is 1.22 bits per heavy atom. The van der Waals surface area contributed by atoms with Crippen LogP contribution in [0.3, 0.4) is 0 Å². The number of aliphatic hydroxyl groups excluding tert-OH is 1. The number of hydrogen-bond acceptors (Lipinski definition) is 6. The lowest BCUT2D eigenvalue weighted by atomic mass is 9.99. The standard InChI is InChI=1S/C28H36N4O3S/c1-3-20-17-32-18-36-31(2)25-15-21(14-23(20)27(25)32)28(34)30-24(13-19-7-5-4-6-8-19)26(33)16-29-22-9-11-35-12-10-22/h4-8,14-15,17,22,24,26,29,33H,3,9-13,16,18H2,1-2H3,(H,30,34)/t24-,26+/m0/s1. The Kier molecular flexibility index (Phi) is 7.86. The third-order valence-electron chi connectivity index (χ3n) is 7.32. The van der Waals surface area contributed by atoms with E-state index in [0.29, 0.717) is 24.6 Å². The molecule has 5 rings (SSSR count). The molecule has 3 heterocycles. The van der Waals surface area contributed by atoms with Gasteiger partial charge in [-0.25, -0.2) is 0 Å². The van der Waals surface area contributed by atoms with Gasteiger partial charge in [0.05, 0.1) is 29.2 Å². The van der Waals surface area contributed by atoms with E-state index < -0.39 is 12.1 Å². The summed E-state index contributed by atoms with van der Waals surface area (Å²) in [7, 11) is 2.05. The molecular formula is C28H36N4O3S. The van der Waals surface area contributed by atoms with Gasteiger partial charge in [-0.1, -0.05) is 37.3 Å². The van der Waals surface area contributed by atoms with Gasteiger partial charge in [-0.3, -0.25) is 4.79 Å². The molecule has 0 unspecified atom stereocenters. The zero-order valence-electron chi connectivity index (χ0n) is 21.1. The molecular weight excluding hydrogens is 472 g/mol. The second kappa shape index (κ2) is 11.3. The van der Waals surface area contributed by atoms with Crippen molar-refractivity contribution in [3.05, 3.63) is 65.4 Å². The number of amides is 1. The summed E-state index contributed by atoms with van der Waals surface area (Å²) in [4.78, 5) is 13.6. The van der Waals surface area contributed by atoms with Crippen LogP contribution in [0.5, 0.6) is 0 Å². The normalized spacial score (nSPS) is 17.8. The number of ether oxygens (including phenoxy) is 1. The van der Waals surface area contributed by atoms with E-state index >= 15 is 0 Å². The molecule has 2 aliphatic rings. The van der Waals surface area contributed by atoms with Crippen molar-refractivity contribution >= 4 is 34.4 Å². The van der Waals surface area contributed by atoms with E-state index in [0.717, 1.165) is 55.0 Å². The molecule has 2 aliphatic heterocycles. The second-order valence-corrected chi connectivity index (χ2v) is 10.8. The molecule has 0 radical (unpaired) electrons. The van der Waals surface area contributed by atoms with Crippen LogP contribution in [0.2, 0.25) is 0 Å². The fourth-order valence-electron chi connectivity index (χ4n) is 5.20. The fraction of sp³-hybridized carbons (Fsp3) is 0.464. The van der Waals surface area contributed by atoms with E-state index in [-0.39, 0.29) is 5.91 Å². The van der Waals surface area contributed by atoms with Gasteiger partial charge in [0.2, 0.25) is 0 Å². The average molecular weight is 509 g/mol. The van der Waals surface area contributed by atoms with E-state index in [9.17, 15) is 9.90 Å². The number of benzene rings is 2. The van der Waals surface area contributed by atoms with Crippen LogP contribution < -0.4 is 14.9 Å². The summed E-state index contributed by atoms with van der Waals surface area (Å²) in [5, 5.41) is 19.0. The minimum Gasteiger partial charge on any atom is -0.390 e. The average Bonchev–Trinajstić information content (AvgIpc) is 3.28. The van der Waals surface area contributed by atoms with Gasteiger partial charge in [-0.2, -0.15) is 0 Å². The van der Waals surface area contributed by atoms with Crippen LogP contribution in [0.4, 0.5) is 5.69 Å². The van der Waals surface area contributed by atoms with Gasteiger partial charge in [-0.05, 0) is 60.9 Å². The number of rotatable bonds is 9. The summed E-state index contributed by atoms with van der Waals surface area (Å²) < 4.78 is 9.87.